The van der Waals surface area contributed by atoms with Crippen molar-refractivity contribution in [1.29, 1.82) is 0 Å². The Bertz CT molecular complexity index is 195. The molecule has 11 heavy (non-hydrogen) atoms. The van der Waals surface area contributed by atoms with Gasteiger partial charge >= 0.3 is 0 Å². The van der Waals surface area contributed by atoms with Crippen molar-refractivity contribution in [2.75, 3.05) is 7.05 Å². The molecule has 0 aliphatic carbocycles. The fraction of sp³-hybridized carbons (Fsp3) is 0.571. The second-order valence-corrected chi connectivity index (χ2v) is 2.43. The Morgan fingerprint density at radius 2 is 2.55 bits per heavy atom. The zero-order chi connectivity index (χ0) is 8.27. The molecule has 0 amide bonds. The van der Waals surface area contributed by atoms with Crippen LogP contribution >= 0.6 is 0 Å². The van der Waals surface area contributed by atoms with Crippen molar-refractivity contribution in [3.05, 3.63) is 11.5 Å². The zero-order valence-electron chi connectivity index (χ0n) is 6.89. The number of nitrogens with zero attached hydrogens (tertiary/aromatic N) is 1. The van der Waals surface area contributed by atoms with Gasteiger partial charge in [-0.2, -0.15) is 0 Å². The molecule has 0 aromatic heterocycles. The van der Waals surface area contributed by atoms with E-state index >= 15 is 0 Å². The summed E-state index contributed by atoms with van der Waals surface area (Å²) in [7, 11) is 1.83. The summed E-state index contributed by atoms with van der Waals surface area (Å²) in [6.45, 7) is 2.06. The fourth-order valence-corrected chi connectivity index (χ4v) is 1.06. The Morgan fingerprint density at radius 1 is 1.82 bits per heavy atom. The number of hydrogen-bond donors (Lipinski definition) is 3. The van der Waals surface area contributed by atoms with E-state index in [1.54, 1.807) is 6.34 Å². The first-order chi connectivity index (χ1) is 5.29. The van der Waals surface area contributed by atoms with Gasteiger partial charge in [-0.3, -0.25) is 4.99 Å². The molecule has 1 heterocycles. The van der Waals surface area contributed by atoms with Crippen LogP contribution in [0.5, 0.6) is 0 Å². The topological polar surface area (TPSA) is 62.4 Å². The summed E-state index contributed by atoms with van der Waals surface area (Å²) in [4.78, 5) is 4.17. The number of aliphatic imine (C=N–C) groups is 1. The lowest BCUT2D eigenvalue weighted by molar-refractivity contribution is 0.679. The summed E-state index contributed by atoms with van der Waals surface area (Å²) in [6.07, 6.45) is 2.62. The molecule has 4 heteroatoms. The standard InChI is InChI=1S/C7H14N4/c1-3-5-6(8)7(9-2)11-4-10-5/h4-5,9H,3,8H2,1-2H3,(H,10,11). The molecule has 1 unspecified atom stereocenters. The van der Waals surface area contributed by atoms with Gasteiger partial charge in [-0.25, -0.2) is 0 Å². The van der Waals surface area contributed by atoms with Gasteiger partial charge in [0.15, 0.2) is 0 Å². The second kappa shape index (κ2) is 3.27. The first-order valence-electron chi connectivity index (χ1n) is 3.75. The van der Waals surface area contributed by atoms with E-state index in [2.05, 4.69) is 22.5 Å². The van der Waals surface area contributed by atoms with Gasteiger partial charge in [0.25, 0.3) is 0 Å². The average molecular weight is 154 g/mol. The molecule has 4 N–H and O–H groups in total. The van der Waals surface area contributed by atoms with Crippen LogP contribution in [0.15, 0.2) is 16.5 Å². The van der Waals surface area contributed by atoms with Crippen LogP contribution in [-0.2, 0) is 0 Å². The molecule has 4 nitrogen and oxygen atoms in total. The smallest absolute Gasteiger partial charge is 0.125 e. The molecular formula is C7H14N4. The summed E-state index contributed by atoms with van der Waals surface area (Å²) in [6, 6.07) is 0.138. The maximum absolute atomic E-state index is 5.79. The molecule has 0 spiro atoms. The van der Waals surface area contributed by atoms with Crippen LogP contribution in [0.2, 0.25) is 0 Å². The highest BCUT2D eigenvalue weighted by Crippen LogP contribution is 2.09. The quantitative estimate of drug-likeness (QED) is 0.513. The maximum Gasteiger partial charge on any atom is 0.125 e. The summed E-state index contributed by atoms with van der Waals surface area (Å²) in [5, 5.41) is 5.90. The van der Waals surface area contributed by atoms with Crippen LogP contribution in [0.1, 0.15) is 13.3 Å². The molecule has 0 aromatic carbocycles. The van der Waals surface area contributed by atoms with E-state index in [0.717, 1.165) is 17.9 Å². The molecule has 1 aliphatic rings. The van der Waals surface area contributed by atoms with Crippen molar-refractivity contribution < 1.29 is 0 Å². The SMILES string of the molecule is CCC1N=CNC(NC)=C1N. The van der Waals surface area contributed by atoms with Gasteiger partial charge in [0.1, 0.15) is 5.82 Å². The largest absolute Gasteiger partial charge is 0.397 e. The Balaban J connectivity index is 2.76. The second-order valence-electron chi connectivity index (χ2n) is 2.43. The molecule has 0 radical (unpaired) electrons. The van der Waals surface area contributed by atoms with Crippen molar-refractivity contribution in [3.8, 4) is 0 Å². The van der Waals surface area contributed by atoms with E-state index < -0.39 is 0 Å². The summed E-state index contributed by atoms with van der Waals surface area (Å²) >= 11 is 0. The van der Waals surface area contributed by atoms with E-state index in [4.69, 9.17) is 5.73 Å². The highest BCUT2D eigenvalue weighted by atomic mass is 15.1. The van der Waals surface area contributed by atoms with E-state index in [0.29, 0.717) is 0 Å². The molecule has 0 bridgehead atoms. The predicted molar refractivity (Wildman–Crippen MR) is 46.0 cm³/mol. The molecule has 1 atom stereocenters. The lowest BCUT2D eigenvalue weighted by Gasteiger charge is -2.20. The number of nitrogens with one attached hydrogen (secondary N) is 2. The number of hydrogen-bond acceptors (Lipinski definition) is 4. The normalized spacial score (nSPS) is 23.3. The highest BCUT2D eigenvalue weighted by molar-refractivity contribution is 5.60. The third-order valence-corrected chi connectivity index (χ3v) is 1.75. The molecule has 0 fully saturated rings. The molecule has 0 saturated heterocycles. The minimum atomic E-state index is 0.138. The van der Waals surface area contributed by atoms with E-state index in [9.17, 15) is 0 Å². The maximum atomic E-state index is 5.79. The molecular weight excluding hydrogens is 140 g/mol. The Kier molecular flexibility index (Phi) is 2.36. The monoisotopic (exact) mass is 154 g/mol. The predicted octanol–water partition coefficient (Wildman–Crippen LogP) is -0.256. The van der Waals surface area contributed by atoms with Crippen LogP contribution in [0.3, 0.4) is 0 Å². The van der Waals surface area contributed by atoms with Gasteiger partial charge < -0.3 is 16.4 Å². The first kappa shape index (κ1) is 7.91. The number of nitrogens with two attached hydrogens (primary N) is 1. The van der Waals surface area contributed by atoms with E-state index in [-0.39, 0.29) is 6.04 Å². The van der Waals surface area contributed by atoms with Gasteiger partial charge in [-0.05, 0) is 6.42 Å². The lowest BCUT2D eigenvalue weighted by Crippen LogP contribution is -2.35. The highest BCUT2D eigenvalue weighted by Gasteiger charge is 2.14. The third kappa shape index (κ3) is 1.45. The lowest BCUT2D eigenvalue weighted by atomic mass is 10.1. The Labute approximate surface area is 66.6 Å². The Hall–Kier alpha value is -1.19. The summed E-state index contributed by atoms with van der Waals surface area (Å²) in [5.41, 5.74) is 6.57. The van der Waals surface area contributed by atoms with Gasteiger partial charge in [-0.1, -0.05) is 6.92 Å². The van der Waals surface area contributed by atoms with Crippen molar-refractivity contribution in [1.82, 2.24) is 10.6 Å². The molecule has 0 aromatic rings. The van der Waals surface area contributed by atoms with Crippen LogP contribution < -0.4 is 16.4 Å². The molecule has 62 valence electrons. The van der Waals surface area contributed by atoms with Crippen LogP contribution in [-0.4, -0.2) is 19.4 Å². The average Bonchev–Trinajstić information content (AvgIpc) is 2.05. The van der Waals surface area contributed by atoms with Gasteiger partial charge in [0.05, 0.1) is 18.1 Å². The minimum absolute atomic E-state index is 0.138. The first-order valence-corrected chi connectivity index (χ1v) is 3.75. The van der Waals surface area contributed by atoms with Crippen LogP contribution in [0.25, 0.3) is 0 Å². The van der Waals surface area contributed by atoms with E-state index in [1.807, 2.05) is 7.05 Å². The Morgan fingerprint density at radius 3 is 3.09 bits per heavy atom. The van der Waals surface area contributed by atoms with Crippen molar-refractivity contribution in [3.63, 3.8) is 0 Å². The minimum Gasteiger partial charge on any atom is -0.397 e. The van der Waals surface area contributed by atoms with Crippen LogP contribution in [0, 0.1) is 0 Å². The van der Waals surface area contributed by atoms with Crippen LogP contribution in [0.4, 0.5) is 0 Å². The fourth-order valence-electron chi connectivity index (χ4n) is 1.06. The van der Waals surface area contributed by atoms with Crippen molar-refractivity contribution in [2.24, 2.45) is 10.7 Å². The van der Waals surface area contributed by atoms with Crippen molar-refractivity contribution in [2.45, 2.75) is 19.4 Å². The summed E-state index contributed by atoms with van der Waals surface area (Å²) in [5.74, 6) is 0.867. The van der Waals surface area contributed by atoms with Gasteiger partial charge in [0.2, 0.25) is 0 Å². The van der Waals surface area contributed by atoms with Crippen molar-refractivity contribution >= 4 is 6.34 Å². The zero-order valence-corrected chi connectivity index (χ0v) is 6.89. The number of rotatable bonds is 2. The van der Waals surface area contributed by atoms with E-state index in [1.165, 1.54) is 0 Å². The van der Waals surface area contributed by atoms with Gasteiger partial charge in [0, 0.05) is 7.05 Å². The van der Waals surface area contributed by atoms with Gasteiger partial charge in [-0.15, -0.1) is 0 Å². The molecule has 1 rings (SSSR count). The third-order valence-electron chi connectivity index (χ3n) is 1.75. The molecule has 1 aliphatic heterocycles. The summed E-state index contributed by atoms with van der Waals surface area (Å²) < 4.78 is 0. The molecule has 0 saturated carbocycles.